The molecule has 1 saturated heterocycles. The van der Waals surface area contributed by atoms with Gasteiger partial charge in [-0.05, 0) is 87.6 Å². The number of aliphatic imine (C=N–C) groups is 1. The lowest BCUT2D eigenvalue weighted by Gasteiger charge is -2.33. The summed E-state index contributed by atoms with van der Waals surface area (Å²) in [5, 5.41) is 33.7. The average Bonchev–Trinajstić information content (AvgIpc) is 3.61. The van der Waals surface area contributed by atoms with E-state index in [1.165, 1.54) is 17.0 Å². The third kappa shape index (κ3) is 15.7. The predicted molar refractivity (Wildman–Crippen MR) is 213 cm³/mol. The van der Waals surface area contributed by atoms with Gasteiger partial charge in [-0.15, -0.1) is 0 Å². The number of nitrogens with one attached hydrogen (secondary N) is 5. The number of amides is 5. The zero-order chi connectivity index (χ0) is 42.2. The van der Waals surface area contributed by atoms with Crippen molar-refractivity contribution in [1.29, 1.82) is 0 Å². The maximum absolute atomic E-state index is 14.1. The first kappa shape index (κ1) is 47.2. The molecular formula is C39H65N9O8. The van der Waals surface area contributed by atoms with Crippen LogP contribution in [0.3, 0.4) is 0 Å². The van der Waals surface area contributed by atoms with Crippen molar-refractivity contribution in [1.82, 2.24) is 31.5 Å². The molecule has 0 bridgehead atoms. The minimum absolute atomic E-state index is 0.00468. The number of hydrogen-bond acceptors (Lipinski definition) is 9. The number of guanidine groups is 1. The number of benzene rings is 1. The standard InChI is InChI=1S/C39H65N9O8/c1-23(2)21-29(37(55)56)46-35(53)31(39(4,5)6)47-33(51)28(22-25-14-16-26(49)17-15-25)45-34(52)30-13-10-20-48(30)36(54)27(12-9-19-43-38(40)41)44-32(50)24(3)11-8-18-42-7/h14-17,23-24,27-31,42,49H,8-13,18-22H2,1-7H3,(H,44,50)(H,45,52)(H,46,53)(H,47,51)(H,55,56)(H4,40,41,43)/t24-,27-,28-,29-,30-,31+/m0/s1. The van der Waals surface area contributed by atoms with Crippen molar-refractivity contribution in [3.63, 3.8) is 0 Å². The van der Waals surface area contributed by atoms with E-state index in [0.717, 1.165) is 13.0 Å². The number of rotatable bonds is 22. The van der Waals surface area contributed by atoms with E-state index in [1.54, 1.807) is 39.8 Å². The summed E-state index contributed by atoms with van der Waals surface area (Å²) in [4.78, 5) is 86.5. The normalized spacial score (nSPS) is 16.9. The number of phenols is 1. The van der Waals surface area contributed by atoms with Crippen molar-refractivity contribution in [2.75, 3.05) is 26.7 Å². The van der Waals surface area contributed by atoms with Crippen molar-refractivity contribution in [3.8, 4) is 5.75 Å². The topological polar surface area (TPSA) is 271 Å². The monoisotopic (exact) mass is 787 g/mol. The quantitative estimate of drug-likeness (QED) is 0.0449. The molecule has 0 aromatic heterocycles. The number of phenolic OH excluding ortho intramolecular Hbond substituents is 1. The number of nitrogens with zero attached hydrogens (tertiary/aromatic N) is 2. The maximum atomic E-state index is 14.1. The summed E-state index contributed by atoms with van der Waals surface area (Å²) < 4.78 is 0. The van der Waals surface area contributed by atoms with Gasteiger partial charge in [-0.25, -0.2) is 4.79 Å². The van der Waals surface area contributed by atoms with Crippen LogP contribution < -0.4 is 38.1 Å². The Balaban J connectivity index is 2.37. The molecule has 1 fully saturated rings. The molecule has 0 aliphatic carbocycles. The molecule has 0 radical (unpaired) electrons. The Hall–Kier alpha value is -4.93. The summed E-state index contributed by atoms with van der Waals surface area (Å²) in [6.07, 6.45) is 2.93. The predicted octanol–water partition coefficient (Wildman–Crippen LogP) is 0.731. The number of carboxylic acid groups (broad SMARTS) is 1. The van der Waals surface area contributed by atoms with Crippen molar-refractivity contribution in [3.05, 3.63) is 29.8 Å². The van der Waals surface area contributed by atoms with Crippen LogP contribution in [0.25, 0.3) is 0 Å². The van der Waals surface area contributed by atoms with Crippen LogP contribution in [0.15, 0.2) is 29.3 Å². The van der Waals surface area contributed by atoms with E-state index >= 15 is 0 Å². The van der Waals surface area contributed by atoms with Gasteiger partial charge < -0.3 is 53.2 Å². The van der Waals surface area contributed by atoms with Crippen LogP contribution in [0.5, 0.6) is 5.75 Å². The highest BCUT2D eigenvalue weighted by atomic mass is 16.4. The van der Waals surface area contributed by atoms with Gasteiger partial charge in [-0.1, -0.05) is 53.7 Å². The van der Waals surface area contributed by atoms with E-state index in [9.17, 15) is 39.0 Å². The number of aliphatic carboxylic acids is 1. The second kappa shape index (κ2) is 22.6. The van der Waals surface area contributed by atoms with Gasteiger partial charge in [0.1, 0.15) is 36.0 Å². The fourth-order valence-electron chi connectivity index (χ4n) is 6.51. The largest absolute Gasteiger partial charge is 0.508 e. The van der Waals surface area contributed by atoms with E-state index in [4.69, 9.17) is 11.5 Å². The number of likely N-dealkylation sites (tertiary alicyclic amines) is 1. The fraction of sp³-hybridized carbons (Fsp3) is 0.667. The minimum Gasteiger partial charge on any atom is -0.508 e. The van der Waals surface area contributed by atoms with E-state index < -0.39 is 65.2 Å². The van der Waals surface area contributed by atoms with Crippen LogP contribution in [-0.4, -0.2) is 113 Å². The summed E-state index contributed by atoms with van der Waals surface area (Å²) in [5.41, 5.74) is 10.7. The molecule has 1 heterocycles. The second-order valence-corrected chi connectivity index (χ2v) is 16.1. The lowest BCUT2D eigenvalue weighted by molar-refractivity contribution is -0.144. The fourth-order valence-corrected chi connectivity index (χ4v) is 6.51. The Morgan fingerprint density at radius 3 is 2.09 bits per heavy atom. The van der Waals surface area contributed by atoms with E-state index in [2.05, 4.69) is 31.6 Å². The van der Waals surface area contributed by atoms with E-state index in [-0.39, 0.29) is 61.8 Å². The Morgan fingerprint density at radius 2 is 1.52 bits per heavy atom. The third-order valence-corrected chi connectivity index (χ3v) is 9.66. The number of aromatic hydroxyl groups is 1. The molecule has 2 rings (SSSR count). The lowest BCUT2D eigenvalue weighted by Crippen LogP contribution is -2.61. The van der Waals surface area contributed by atoms with Gasteiger partial charge in [-0.2, -0.15) is 0 Å². The molecule has 11 N–H and O–H groups in total. The van der Waals surface area contributed by atoms with Crippen LogP contribution >= 0.6 is 0 Å². The summed E-state index contributed by atoms with van der Waals surface area (Å²) in [5.74, 6) is -4.40. The Labute approximate surface area is 330 Å². The summed E-state index contributed by atoms with van der Waals surface area (Å²) in [6, 6.07) is 0.571. The van der Waals surface area contributed by atoms with Gasteiger partial charge >= 0.3 is 5.97 Å². The molecule has 0 spiro atoms. The van der Waals surface area contributed by atoms with Gasteiger partial charge in [0.25, 0.3) is 0 Å². The molecule has 1 aliphatic heterocycles. The zero-order valence-corrected chi connectivity index (χ0v) is 34.0. The molecule has 1 aliphatic rings. The Kier molecular flexibility index (Phi) is 19.0. The number of hydrogen-bond donors (Lipinski definition) is 9. The lowest BCUT2D eigenvalue weighted by atomic mass is 9.85. The van der Waals surface area contributed by atoms with Gasteiger partial charge in [0.2, 0.25) is 29.5 Å². The van der Waals surface area contributed by atoms with Crippen molar-refractivity contribution in [2.24, 2.45) is 33.7 Å². The SMILES string of the molecule is CNCCC[C@H](C)C(=O)N[C@@H](CCCN=C(N)N)C(=O)N1CCC[C@H]1C(=O)N[C@@H](Cc1ccc(O)cc1)C(=O)N[C@H](C(=O)N[C@@H](CC(C)C)C(=O)O)C(C)(C)C. The number of carbonyl (C=O) groups excluding carboxylic acids is 5. The van der Waals surface area contributed by atoms with Crippen LogP contribution in [0.4, 0.5) is 0 Å². The molecular weight excluding hydrogens is 722 g/mol. The Bertz CT molecular complexity index is 1510. The number of carbonyl (C=O) groups is 6. The molecule has 1 aromatic rings. The summed E-state index contributed by atoms with van der Waals surface area (Å²) in [7, 11) is 1.83. The highest BCUT2D eigenvalue weighted by Gasteiger charge is 2.41. The molecule has 17 heteroatoms. The number of nitrogens with two attached hydrogens (primary N) is 2. The Morgan fingerprint density at radius 1 is 0.875 bits per heavy atom. The van der Waals surface area contributed by atoms with Crippen molar-refractivity contribution >= 4 is 41.5 Å². The molecule has 1 aromatic carbocycles. The first-order valence-electron chi connectivity index (χ1n) is 19.5. The number of carboxylic acids is 1. The van der Waals surface area contributed by atoms with Crippen LogP contribution in [-0.2, 0) is 35.2 Å². The maximum Gasteiger partial charge on any atom is 0.326 e. The first-order chi connectivity index (χ1) is 26.2. The molecule has 314 valence electrons. The third-order valence-electron chi connectivity index (χ3n) is 9.66. The summed E-state index contributed by atoms with van der Waals surface area (Å²) >= 11 is 0. The molecule has 5 amide bonds. The molecule has 6 atom stereocenters. The van der Waals surface area contributed by atoms with E-state index in [1.807, 2.05) is 20.9 Å². The van der Waals surface area contributed by atoms with Gasteiger partial charge in [0, 0.05) is 25.4 Å². The van der Waals surface area contributed by atoms with Crippen LogP contribution in [0.1, 0.15) is 92.1 Å². The van der Waals surface area contributed by atoms with Crippen molar-refractivity contribution in [2.45, 2.75) is 123 Å². The zero-order valence-electron chi connectivity index (χ0n) is 34.0. The van der Waals surface area contributed by atoms with Gasteiger partial charge in [0.15, 0.2) is 5.96 Å². The van der Waals surface area contributed by atoms with Gasteiger partial charge in [0.05, 0.1) is 0 Å². The van der Waals surface area contributed by atoms with Gasteiger partial charge in [-0.3, -0.25) is 29.0 Å². The highest BCUT2D eigenvalue weighted by Crippen LogP contribution is 2.23. The highest BCUT2D eigenvalue weighted by molar-refractivity contribution is 5.96. The van der Waals surface area contributed by atoms with Crippen LogP contribution in [0.2, 0.25) is 0 Å². The van der Waals surface area contributed by atoms with Crippen molar-refractivity contribution < 1.29 is 39.0 Å². The van der Waals surface area contributed by atoms with Crippen LogP contribution in [0, 0.1) is 17.3 Å². The molecule has 0 unspecified atom stereocenters. The summed E-state index contributed by atoms with van der Waals surface area (Å²) in [6.45, 7) is 11.9. The smallest absolute Gasteiger partial charge is 0.326 e. The second-order valence-electron chi connectivity index (χ2n) is 16.1. The average molecular weight is 788 g/mol. The minimum atomic E-state index is -1.23. The van der Waals surface area contributed by atoms with E-state index in [0.29, 0.717) is 31.2 Å². The molecule has 17 nitrogen and oxygen atoms in total. The molecule has 0 saturated carbocycles. The molecule has 56 heavy (non-hydrogen) atoms. The first-order valence-corrected chi connectivity index (χ1v) is 19.5.